The molecule has 1 aliphatic heterocycles. The Hall–Kier alpha value is -1.18. The van der Waals surface area contributed by atoms with Crippen LogP contribution in [-0.4, -0.2) is 54.2 Å². The SMILES string of the molecule is CN(CC1(O)CCOCC1)C(=O)C(=O)NN. The van der Waals surface area contributed by atoms with Crippen molar-refractivity contribution in [3.63, 3.8) is 0 Å². The van der Waals surface area contributed by atoms with Gasteiger partial charge in [-0.2, -0.15) is 0 Å². The van der Waals surface area contributed by atoms with E-state index >= 15 is 0 Å². The van der Waals surface area contributed by atoms with E-state index in [9.17, 15) is 14.7 Å². The number of nitrogens with two attached hydrogens (primary N) is 1. The molecule has 1 saturated heterocycles. The number of carbonyl (C=O) groups excluding carboxylic acids is 2. The lowest BCUT2D eigenvalue weighted by Gasteiger charge is -2.35. The van der Waals surface area contributed by atoms with E-state index in [-0.39, 0.29) is 6.54 Å². The van der Waals surface area contributed by atoms with E-state index < -0.39 is 17.4 Å². The van der Waals surface area contributed by atoms with Gasteiger partial charge in [0.2, 0.25) is 0 Å². The molecule has 0 aromatic rings. The molecule has 1 fully saturated rings. The Morgan fingerprint density at radius 1 is 1.50 bits per heavy atom. The molecule has 0 bridgehead atoms. The summed E-state index contributed by atoms with van der Waals surface area (Å²) in [6.45, 7) is 1.02. The molecule has 0 radical (unpaired) electrons. The summed E-state index contributed by atoms with van der Waals surface area (Å²) in [4.78, 5) is 23.5. The van der Waals surface area contributed by atoms with Crippen LogP contribution < -0.4 is 11.3 Å². The monoisotopic (exact) mass is 231 g/mol. The fourth-order valence-electron chi connectivity index (χ4n) is 1.66. The number of likely N-dealkylation sites (N-methyl/N-ethyl adjacent to an activating group) is 1. The molecule has 0 spiro atoms. The first-order valence-electron chi connectivity index (χ1n) is 5.05. The highest BCUT2D eigenvalue weighted by Crippen LogP contribution is 2.21. The Kier molecular flexibility index (Phi) is 4.22. The van der Waals surface area contributed by atoms with Crippen LogP contribution in [0, 0.1) is 0 Å². The molecule has 4 N–H and O–H groups in total. The van der Waals surface area contributed by atoms with E-state index in [0.29, 0.717) is 26.1 Å². The highest BCUT2D eigenvalue weighted by Gasteiger charge is 2.33. The molecule has 7 heteroatoms. The summed E-state index contributed by atoms with van der Waals surface area (Å²) in [5.41, 5.74) is 0.784. The molecule has 7 nitrogen and oxygen atoms in total. The van der Waals surface area contributed by atoms with Gasteiger partial charge in [-0.1, -0.05) is 0 Å². The van der Waals surface area contributed by atoms with Crippen molar-refractivity contribution in [3.05, 3.63) is 0 Å². The maximum Gasteiger partial charge on any atom is 0.323 e. The lowest BCUT2D eigenvalue weighted by atomic mass is 9.94. The van der Waals surface area contributed by atoms with E-state index in [1.807, 2.05) is 0 Å². The van der Waals surface area contributed by atoms with Crippen molar-refractivity contribution >= 4 is 11.8 Å². The van der Waals surface area contributed by atoms with Crippen molar-refractivity contribution in [3.8, 4) is 0 Å². The molecule has 16 heavy (non-hydrogen) atoms. The Morgan fingerprint density at radius 3 is 2.56 bits per heavy atom. The average molecular weight is 231 g/mol. The van der Waals surface area contributed by atoms with Gasteiger partial charge in [0.25, 0.3) is 0 Å². The highest BCUT2D eigenvalue weighted by atomic mass is 16.5. The molecule has 0 aromatic heterocycles. The van der Waals surface area contributed by atoms with Crippen LogP contribution in [0.2, 0.25) is 0 Å². The third kappa shape index (κ3) is 3.16. The zero-order valence-corrected chi connectivity index (χ0v) is 9.23. The Morgan fingerprint density at radius 2 is 2.06 bits per heavy atom. The molecule has 2 amide bonds. The number of hydrazine groups is 1. The van der Waals surface area contributed by atoms with Gasteiger partial charge >= 0.3 is 11.8 Å². The van der Waals surface area contributed by atoms with E-state index in [2.05, 4.69) is 0 Å². The quantitative estimate of drug-likeness (QED) is 0.220. The first-order chi connectivity index (χ1) is 7.48. The molecular formula is C9H17N3O4. The number of hydrogen-bond acceptors (Lipinski definition) is 5. The Labute approximate surface area is 93.5 Å². The first-order valence-corrected chi connectivity index (χ1v) is 5.05. The lowest BCUT2D eigenvalue weighted by Crippen LogP contribution is -2.51. The molecule has 0 saturated carbocycles. The number of aliphatic hydroxyl groups is 1. The van der Waals surface area contributed by atoms with Gasteiger partial charge in [-0.3, -0.25) is 15.0 Å². The number of nitrogens with one attached hydrogen (secondary N) is 1. The molecule has 1 aliphatic rings. The normalized spacial score (nSPS) is 18.9. The van der Waals surface area contributed by atoms with Gasteiger partial charge in [-0.15, -0.1) is 0 Å². The van der Waals surface area contributed by atoms with Crippen molar-refractivity contribution in [1.82, 2.24) is 10.3 Å². The van der Waals surface area contributed by atoms with Crippen LogP contribution in [0.4, 0.5) is 0 Å². The van der Waals surface area contributed by atoms with Crippen LogP contribution in [-0.2, 0) is 14.3 Å². The average Bonchev–Trinajstić information content (AvgIpc) is 2.27. The fourth-order valence-corrected chi connectivity index (χ4v) is 1.66. The molecular weight excluding hydrogens is 214 g/mol. The fraction of sp³-hybridized carbons (Fsp3) is 0.778. The van der Waals surface area contributed by atoms with Crippen molar-refractivity contribution in [1.29, 1.82) is 0 Å². The Balaban J connectivity index is 2.52. The Bertz CT molecular complexity index is 276. The molecule has 0 aliphatic carbocycles. The van der Waals surface area contributed by atoms with E-state index in [1.165, 1.54) is 7.05 Å². The second-order valence-electron chi connectivity index (χ2n) is 3.97. The number of ether oxygens (including phenoxy) is 1. The number of hydrogen-bond donors (Lipinski definition) is 3. The third-order valence-corrected chi connectivity index (χ3v) is 2.63. The summed E-state index contributed by atoms with van der Waals surface area (Å²) >= 11 is 0. The van der Waals surface area contributed by atoms with Gasteiger partial charge in [0, 0.05) is 39.6 Å². The molecule has 0 unspecified atom stereocenters. The maximum absolute atomic E-state index is 11.4. The minimum atomic E-state index is -0.975. The number of nitrogens with zero attached hydrogens (tertiary/aromatic N) is 1. The topological polar surface area (TPSA) is 105 Å². The van der Waals surface area contributed by atoms with Crippen LogP contribution >= 0.6 is 0 Å². The zero-order valence-electron chi connectivity index (χ0n) is 9.23. The van der Waals surface area contributed by atoms with Gasteiger partial charge in [-0.25, -0.2) is 5.84 Å². The number of rotatable bonds is 2. The largest absolute Gasteiger partial charge is 0.388 e. The van der Waals surface area contributed by atoms with Crippen molar-refractivity contribution in [2.45, 2.75) is 18.4 Å². The minimum absolute atomic E-state index is 0.0998. The van der Waals surface area contributed by atoms with E-state index in [4.69, 9.17) is 10.6 Å². The summed E-state index contributed by atoms with van der Waals surface area (Å²) in [6, 6.07) is 0. The second-order valence-corrected chi connectivity index (χ2v) is 3.97. The van der Waals surface area contributed by atoms with Crippen LogP contribution in [0.3, 0.4) is 0 Å². The number of amides is 2. The summed E-state index contributed by atoms with van der Waals surface area (Å²) in [5, 5.41) is 10.1. The first kappa shape index (κ1) is 12.9. The molecule has 0 atom stereocenters. The molecule has 1 rings (SSSR count). The smallest absolute Gasteiger partial charge is 0.323 e. The predicted octanol–water partition coefficient (Wildman–Crippen LogP) is -2.02. The number of carbonyl (C=O) groups is 2. The highest BCUT2D eigenvalue weighted by molar-refractivity contribution is 6.34. The van der Waals surface area contributed by atoms with Crippen LogP contribution in [0.5, 0.6) is 0 Å². The van der Waals surface area contributed by atoms with Gasteiger partial charge in [-0.05, 0) is 0 Å². The predicted molar refractivity (Wildman–Crippen MR) is 55.0 cm³/mol. The summed E-state index contributed by atoms with van der Waals surface area (Å²) in [6.07, 6.45) is 0.906. The van der Waals surface area contributed by atoms with Crippen molar-refractivity contribution in [2.24, 2.45) is 5.84 Å². The lowest BCUT2D eigenvalue weighted by molar-refractivity contribution is -0.148. The third-order valence-electron chi connectivity index (χ3n) is 2.63. The van der Waals surface area contributed by atoms with Crippen molar-refractivity contribution < 1.29 is 19.4 Å². The van der Waals surface area contributed by atoms with Gasteiger partial charge in [0.05, 0.1) is 5.60 Å². The zero-order chi connectivity index (χ0) is 12.2. The van der Waals surface area contributed by atoms with Gasteiger partial charge < -0.3 is 14.7 Å². The van der Waals surface area contributed by atoms with Crippen LogP contribution in [0.25, 0.3) is 0 Å². The molecule has 0 aromatic carbocycles. The summed E-state index contributed by atoms with van der Waals surface area (Å²) in [5.74, 6) is 3.20. The van der Waals surface area contributed by atoms with Crippen molar-refractivity contribution in [2.75, 3.05) is 26.8 Å². The van der Waals surface area contributed by atoms with Gasteiger partial charge in [0.1, 0.15) is 0 Å². The van der Waals surface area contributed by atoms with Crippen LogP contribution in [0.15, 0.2) is 0 Å². The standard InChI is InChI=1S/C9H17N3O4/c1-12(8(14)7(13)11-10)6-9(15)2-4-16-5-3-9/h15H,2-6,10H2,1H3,(H,11,13). The van der Waals surface area contributed by atoms with Crippen LogP contribution in [0.1, 0.15) is 12.8 Å². The summed E-state index contributed by atoms with van der Waals surface area (Å²) in [7, 11) is 1.45. The second kappa shape index (κ2) is 5.24. The minimum Gasteiger partial charge on any atom is -0.388 e. The maximum atomic E-state index is 11.4. The van der Waals surface area contributed by atoms with E-state index in [0.717, 1.165) is 4.90 Å². The van der Waals surface area contributed by atoms with Gasteiger partial charge in [0.15, 0.2) is 0 Å². The summed E-state index contributed by atoms with van der Waals surface area (Å²) < 4.78 is 5.11. The molecule has 92 valence electrons. The molecule has 1 heterocycles. The van der Waals surface area contributed by atoms with E-state index in [1.54, 1.807) is 5.43 Å².